The number of carbonyl (C=O) groups is 1. The van der Waals surface area contributed by atoms with E-state index in [0.29, 0.717) is 12.8 Å². The Bertz CT molecular complexity index is 921. The van der Waals surface area contributed by atoms with Gasteiger partial charge in [-0.15, -0.1) is 0 Å². The van der Waals surface area contributed by atoms with Crippen molar-refractivity contribution in [1.29, 1.82) is 0 Å². The topological polar surface area (TPSA) is 72.3 Å². The Morgan fingerprint density at radius 1 is 1.21 bits per heavy atom. The van der Waals surface area contributed by atoms with E-state index in [1.165, 1.54) is 5.56 Å². The Balaban J connectivity index is 1.71. The van der Waals surface area contributed by atoms with Crippen LogP contribution in [0.3, 0.4) is 0 Å². The second kappa shape index (κ2) is 8.43. The van der Waals surface area contributed by atoms with Crippen molar-refractivity contribution in [3.63, 3.8) is 0 Å². The molecule has 1 aromatic heterocycles. The highest BCUT2D eigenvalue weighted by Gasteiger charge is 2.29. The van der Waals surface area contributed by atoms with E-state index in [-0.39, 0.29) is 11.8 Å². The zero-order valence-electron chi connectivity index (χ0n) is 16.7. The first-order chi connectivity index (χ1) is 13.3. The van der Waals surface area contributed by atoms with Crippen molar-refractivity contribution in [2.75, 3.05) is 6.61 Å². The van der Waals surface area contributed by atoms with E-state index < -0.39 is 5.97 Å². The Labute approximate surface area is 166 Å². The molecule has 0 saturated carbocycles. The number of rotatable bonds is 5. The largest absolute Gasteiger partial charge is 0.493 e. The van der Waals surface area contributed by atoms with E-state index in [1.807, 2.05) is 6.92 Å². The van der Waals surface area contributed by atoms with Crippen LogP contribution in [0.15, 0.2) is 24.5 Å². The van der Waals surface area contributed by atoms with Gasteiger partial charge in [-0.25, -0.2) is 9.97 Å². The first-order valence-electron chi connectivity index (χ1n) is 9.68. The fraction of sp³-hybridized carbons (Fsp3) is 0.435. The predicted octanol–water partition coefficient (Wildman–Crippen LogP) is 4.04. The summed E-state index contributed by atoms with van der Waals surface area (Å²) < 4.78 is 5.82. The molecular formula is C23H26N2O3. The minimum atomic E-state index is -0.765. The lowest BCUT2D eigenvalue weighted by atomic mass is 9.78. The van der Waals surface area contributed by atoms with Crippen molar-refractivity contribution in [2.24, 2.45) is 0 Å². The summed E-state index contributed by atoms with van der Waals surface area (Å²) in [5.74, 6) is 7.33. The van der Waals surface area contributed by atoms with Crippen LogP contribution in [0, 0.1) is 18.8 Å². The summed E-state index contributed by atoms with van der Waals surface area (Å²) in [5.41, 5.74) is 4.15. The second-order valence-electron chi connectivity index (χ2n) is 7.88. The van der Waals surface area contributed by atoms with Crippen LogP contribution in [-0.2, 0) is 16.6 Å². The van der Waals surface area contributed by atoms with Crippen molar-refractivity contribution < 1.29 is 14.6 Å². The van der Waals surface area contributed by atoms with Gasteiger partial charge in [0.1, 0.15) is 11.6 Å². The van der Waals surface area contributed by atoms with Gasteiger partial charge in [0.25, 0.3) is 0 Å². The number of carboxylic acids is 1. The standard InChI is InChI=1S/C23H26N2O3/c1-16-12-20-19(23(2,3)10-11-28-20)13-18(16)9-8-17-14-24-21(25-15-17)6-4-5-7-22(26)27/h12-15H,4-7,10-11H2,1-3H3,(H,26,27). The maximum absolute atomic E-state index is 10.5. The van der Waals surface area contributed by atoms with Crippen LogP contribution in [0.2, 0.25) is 0 Å². The highest BCUT2D eigenvalue weighted by molar-refractivity contribution is 5.66. The van der Waals surface area contributed by atoms with Crippen molar-refractivity contribution >= 4 is 5.97 Å². The van der Waals surface area contributed by atoms with Crippen LogP contribution in [0.4, 0.5) is 0 Å². The maximum Gasteiger partial charge on any atom is 0.303 e. The maximum atomic E-state index is 10.5. The summed E-state index contributed by atoms with van der Waals surface area (Å²) >= 11 is 0. The summed E-state index contributed by atoms with van der Waals surface area (Å²) in [6, 6.07) is 4.23. The van der Waals surface area contributed by atoms with Gasteiger partial charge in [0.2, 0.25) is 0 Å². The number of aromatic nitrogens is 2. The van der Waals surface area contributed by atoms with Crippen LogP contribution in [0.25, 0.3) is 0 Å². The fourth-order valence-corrected chi connectivity index (χ4v) is 3.26. The van der Waals surface area contributed by atoms with E-state index in [4.69, 9.17) is 9.84 Å². The van der Waals surface area contributed by atoms with Gasteiger partial charge >= 0.3 is 5.97 Å². The summed E-state index contributed by atoms with van der Waals surface area (Å²) in [5, 5.41) is 8.66. The number of aliphatic carboxylic acids is 1. The molecule has 146 valence electrons. The molecule has 5 heteroatoms. The second-order valence-corrected chi connectivity index (χ2v) is 7.88. The van der Waals surface area contributed by atoms with Gasteiger partial charge in [-0.1, -0.05) is 25.7 Å². The third-order valence-electron chi connectivity index (χ3n) is 5.13. The zero-order chi connectivity index (χ0) is 20.1. The lowest BCUT2D eigenvalue weighted by molar-refractivity contribution is -0.137. The van der Waals surface area contributed by atoms with Crippen molar-refractivity contribution in [1.82, 2.24) is 9.97 Å². The number of carboxylic acid groups (broad SMARTS) is 1. The highest BCUT2D eigenvalue weighted by atomic mass is 16.5. The molecule has 0 unspecified atom stereocenters. The molecule has 0 saturated heterocycles. The van der Waals surface area contributed by atoms with Crippen LogP contribution in [0.1, 0.15) is 67.6 Å². The predicted molar refractivity (Wildman–Crippen MR) is 108 cm³/mol. The molecule has 5 nitrogen and oxygen atoms in total. The van der Waals surface area contributed by atoms with Gasteiger partial charge in [-0.3, -0.25) is 4.79 Å². The number of fused-ring (bicyclic) bond motifs is 1. The summed E-state index contributed by atoms with van der Waals surface area (Å²) in [6.45, 7) is 7.28. The molecule has 0 aliphatic carbocycles. The smallest absolute Gasteiger partial charge is 0.303 e. The third-order valence-corrected chi connectivity index (χ3v) is 5.13. The number of nitrogens with zero attached hydrogens (tertiary/aromatic N) is 2. The lowest BCUT2D eigenvalue weighted by Crippen LogP contribution is -2.26. The summed E-state index contributed by atoms with van der Waals surface area (Å²) in [4.78, 5) is 19.2. The van der Waals surface area contributed by atoms with Crippen LogP contribution in [0.5, 0.6) is 5.75 Å². The van der Waals surface area contributed by atoms with E-state index in [1.54, 1.807) is 12.4 Å². The van der Waals surface area contributed by atoms with Crippen molar-refractivity contribution in [3.8, 4) is 17.6 Å². The molecule has 0 amide bonds. The summed E-state index contributed by atoms with van der Waals surface area (Å²) in [7, 11) is 0. The molecule has 0 radical (unpaired) electrons. The van der Waals surface area contributed by atoms with Crippen molar-refractivity contribution in [3.05, 3.63) is 52.6 Å². The normalized spacial score (nSPS) is 14.4. The van der Waals surface area contributed by atoms with E-state index in [9.17, 15) is 4.79 Å². The lowest BCUT2D eigenvalue weighted by Gasteiger charge is -2.33. The molecule has 1 aliphatic rings. The fourth-order valence-electron chi connectivity index (χ4n) is 3.26. The Morgan fingerprint density at radius 3 is 2.68 bits per heavy atom. The van der Waals surface area contributed by atoms with Gasteiger partial charge in [-0.2, -0.15) is 0 Å². The SMILES string of the molecule is Cc1cc2c(cc1C#Cc1cnc(CCCCC(=O)O)nc1)C(C)(C)CCO2. The number of benzene rings is 1. The number of aryl methyl sites for hydroxylation is 2. The molecule has 0 spiro atoms. The molecule has 3 rings (SSSR count). The minimum absolute atomic E-state index is 0.0864. The van der Waals surface area contributed by atoms with E-state index in [2.05, 4.69) is 47.8 Å². The third kappa shape index (κ3) is 4.89. The van der Waals surface area contributed by atoms with Gasteiger partial charge in [0, 0.05) is 36.4 Å². The highest BCUT2D eigenvalue weighted by Crippen LogP contribution is 2.39. The molecule has 1 aliphatic heterocycles. The minimum Gasteiger partial charge on any atom is -0.493 e. The first-order valence-corrected chi connectivity index (χ1v) is 9.68. The van der Waals surface area contributed by atoms with Crippen LogP contribution in [-0.4, -0.2) is 27.7 Å². The van der Waals surface area contributed by atoms with Crippen LogP contribution >= 0.6 is 0 Å². The van der Waals surface area contributed by atoms with Gasteiger partial charge in [0.05, 0.1) is 12.2 Å². The molecule has 0 bridgehead atoms. The van der Waals surface area contributed by atoms with Gasteiger partial charge in [0.15, 0.2) is 0 Å². The average Bonchev–Trinajstić information content (AvgIpc) is 2.64. The quantitative estimate of drug-likeness (QED) is 0.628. The number of unbranched alkanes of at least 4 members (excludes halogenated alkanes) is 1. The van der Waals surface area contributed by atoms with E-state index >= 15 is 0 Å². The zero-order valence-corrected chi connectivity index (χ0v) is 16.7. The average molecular weight is 378 g/mol. The number of hydrogen-bond acceptors (Lipinski definition) is 4. The van der Waals surface area contributed by atoms with E-state index in [0.717, 1.165) is 47.7 Å². The van der Waals surface area contributed by atoms with Gasteiger partial charge < -0.3 is 9.84 Å². The molecule has 0 atom stereocenters. The molecule has 2 aromatic rings. The Hall–Kier alpha value is -2.87. The molecule has 2 heterocycles. The molecule has 1 aromatic carbocycles. The molecule has 0 fully saturated rings. The van der Waals surface area contributed by atoms with Crippen molar-refractivity contribution in [2.45, 2.75) is 58.3 Å². The molecular weight excluding hydrogens is 352 g/mol. The number of ether oxygens (including phenoxy) is 1. The summed E-state index contributed by atoms with van der Waals surface area (Å²) in [6.07, 6.45) is 6.73. The first kappa shape index (κ1) is 19.9. The number of hydrogen-bond donors (Lipinski definition) is 1. The Morgan fingerprint density at radius 2 is 1.96 bits per heavy atom. The molecule has 1 N–H and O–H groups in total. The van der Waals surface area contributed by atoms with Crippen LogP contribution < -0.4 is 4.74 Å². The monoisotopic (exact) mass is 378 g/mol. The Kier molecular flexibility index (Phi) is 5.99. The van der Waals surface area contributed by atoms with Gasteiger partial charge in [-0.05, 0) is 49.3 Å². The molecule has 28 heavy (non-hydrogen) atoms.